The summed E-state index contributed by atoms with van der Waals surface area (Å²) in [5.74, 6) is -0.407. The molecule has 0 aliphatic carbocycles. The first-order valence-electron chi connectivity index (χ1n) is 7.78. The van der Waals surface area contributed by atoms with Crippen LogP contribution in [0.25, 0.3) is 0 Å². The maximum atomic E-state index is 10.9. The molecule has 1 N–H and O–H groups in total. The van der Waals surface area contributed by atoms with Crippen LogP contribution >= 0.6 is 0 Å². The molecule has 4 nitrogen and oxygen atoms in total. The molecule has 2 atom stereocenters. The smallest absolute Gasteiger partial charge is 0.330 e. The van der Waals surface area contributed by atoms with E-state index in [1.807, 2.05) is 0 Å². The lowest BCUT2D eigenvalue weighted by molar-refractivity contribution is -0.134. The Hall–Kier alpha value is -0.913. The summed E-state index contributed by atoms with van der Waals surface area (Å²) in [6, 6.07) is 0. The molecule has 0 radical (unpaired) electrons. The number of esters is 1. The van der Waals surface area contributed by atoms with Crippen LogP contribution in [0, 0.1) is 0 Å². The third kappa shape index (κ3) is 8.51. The summed E-state index contributed by atoms with van der Waals surface area (Å²) in [7, 11) is -0.422. The lowest BCUT2D eigenvalue weighted by Crippen LogP contribution is -2.43. The Balaban J connectivity index is 4.20. The van der Waals surface area contributed by atoms with Crippen LogP contribution in [0.4, 0.5) is 0 Å². The average Bonchev–Trinajstić information content (AvgIpc) is 2.39. The number of aliphatic hydroxyl groups is 1. The molecule has 0 aliphatic heterocycles. The van der Waals surface area contributed by atoms with Gasteiger partial charge in [0.25, 0.3) is 0 Å². The van der Waals surface area contributed by atoms with Crippen molar-refractivity contribution in [3.8, 4) is 0 Å². The van der Waals surface area contributed by atoms with E-state index in [0.29, 0.717) is 6.42 Å². The second-order valence-corrected chi connectivity index (χ2v) is 11.9. The fraction of sp³-hybridized carbons (Fsp3) is 0.706. The molecule has 0 heterocycles. The SMILES string of the molecule is COC(=O)/C=C/C=C/[C@H](O)CC[C@@H](C)O[Si](C)(C)C(C)(C)C. The Bertz CT molecular complexity index is 394. The van der Waals surface area contributed by atoms with Crippen molar-refractivity contribution in [2.75, 3.05) is 7.11 Å². The van der Waals surface area contributed by atoms with Gasteiger partial charge in [0, 0.05) is 12.2 Å². The molecule has 0 aliphatic rings. The number of ether oxygens (including phenoxy) is 1. The van der Waals surface area contributed by atoms with E-state index in [4.69, 9.17) is 4.43 Å². The van der Waals surface area contributed by atoms with Crippen molar-refractivity contribution in [3.63, 3.8) is 0 Å². The first-order valence-corrected chi connectivity index (χ1v) is 10.7. The van der Waals surface area contributed by atoms with Gasteiger partial charge in [-0.05, 0) is 37.9 Å². The van der Waals surface area contributed by atoms with Gasteiger partial charge in [0.2, 0.25) is 0 Å². The summed E-state index contributed by atoms with van der Waals surface area (Å²) >= 11 is 0. The molecule has 5 heteroatoms. The minimum Gasteiger partial charge on any atom is -0.466 e. The maximum Gasteiger partial charge on any atom is 0.330 e. The Morgan fingerprint density at radius 2 is 1.82 bits per heavy atom. The Morgan fingerprint density at radius 3 is 2.32 bits per heavy atom. The average molecular weight is 329 g/mol. The highest BCUT2D eigenvalue weighted by Gasteiger charge is 2.38. The van der Waals surface area contributed by atoms with Gasteiger partial charge >= 0.3 is 5.97 Å². The third-order valence-electron chi connectivity index (χ3n) is 4.05. The van der Waals surface area contributed by atoms with Crippen molar-refractivity contribution >= 4 is 14.3 Å². The predicted octanol–water partition coefficient (Wildman–Crippen LogP) is 3.82. The van der Waals surface area contributed by atoms with Crippen molar-refractivity contribution in [3.05, 3.63) is 24.3 Å². The predicted molar refractivity (Wildman–Crippen MR) is 93.3 cm³/mol. The molecule has 0 spiro atoms. The molecule has 0 saturated carbocycles. The van der Waals surface area contributed by atoms with Gasteiger partial charge < -0.3 is 14.3 Å². The number of rotatable bonds is 8. The highest BCUT2D eigenvalue weighted by atomic mass is 28.4. The van der Waals surface area contributed by atoms with Crippen LogP contribution in [0.5, 0.6) is 0 Å². The maximum absolute atomic E-state index is 10.9. The van der Waals surface area contributed by atoms with E-state index < -0.39 is 20.4 Å². The molecule has 0 rings (SSSR count). The number of aliphatic hydroxyl groups excluding tert-OH is 1. The second-order valence-electron chi connectivity index (χ2n) is 7.10. The molecule has 0 aromatic carbocycles. The standard InChI is InChI=1S/C17H32O4Si/c1-14(21-22(6,7)17(2,3)4)12-13-15(18)10-8-9-11-16(19)20-5/h8-11,14-15,18H,12-13H2,1-7H3/b10-8+,11-9+/t14-,15+/m1/s1. The van der Waals surface area contributed by atoms with E-state index in [-0.39, 0.29) is 11.1 Å². The van der Waals surface area contributed by atoms with E-state index in [1.54, 1.807) is 18.2 Å². The molecule has 0 amide bonds. The van der Waals surface area contributed by atoms with Crippen LogP contribution in [0.15, 0.2) is 24.3 Å². The number of methoxy groups -OCH3 is 1. The lowest BCUT2D eigenvalue weighted by Gasteiger charge is -2.38. The Kier molecular flexibility index (Phi) is 8.89. The lowest BCUT2D eigenvalue weighted by atomic mass is 10.1. The number of hydrogen-bond donors (Lipinski definition) is 1. The minimum atomic E-state index is -1.75. The molecule has 0 unspecified atom stereocenters. The van der Waals surface area contributed by atoms with E-state index in [0.717, 1.165) is 6.42 Å². The minimum absolute atomic E-state index is 0.134. The van der Waals surface area contributed by atoms with Crippen molar-refractivity contribution in [2.45, 2.75) is 70.9 Å². The topological polar surface area (TPSA) is 55.8 Å². The molecular weight excluding hydrogens is 296 g/mol. The largest absolute Gasteiger partial charge is 0.466 e. The summed E-state index contributed by atoms with van der Waals surface area (Å²) in [5, 5.41) is 10.1. The zero-order valence-electron chi connectivity index (χ0n) is 15.1. The zero-order chi connectivity index (χ0) is 17.4. The van der Waals surface area contributed by atoms with Crippen LogP contribution in [0.2, 0.25) is 18.1 Å². The highest BCUT2D eigenvalue weighted by molar-refractivity contribution is 6.74. The number of carbonyl (C=O) groups is 1. The number of allylic oxidation sites excluding steroid dienone is 2. The van der Waals surface area contributed by atoms with E-state index in [9.17, 15) is 9.90 Å². The normalized spacial score (nSPS) is 16.2. The second kappa shape index (κ2) is 9.28. The first-order chi connectivity index (χ1) is 9.99. The van der Waals surface area contributed by atoms with Crippen LogP contribution < -0.4 is 0 Å². The van der Waals surface area contributed by atoms with Gasteiger partial charge in [-0.25, -0.2) is 4.79 Å². The quantitative estimate of drug-likeness (QED) is 0.318. The molecule has 0 aromatic heterocycles. The van der Waals surface area contributed by atoms with Crippen LogP contribution in [-0.2, 0) is 14.0 Å². The summed E-state index contributed by atoms with van der Waals surface area (Å²) in [5.41, 5.74) is 0. The van der Waals surface area contributed by atoms with Gasteiger partial charge in [0.15, 0.2) is 8.32 Å². The zero-order valence-corrected chi connectivity index (χ0v) is 16.1. The first kappa shape index (κ1) is 21.1. The molecular formula is C17H32O4Si. The molecule has 0 fully saturated rings. The highest BCUT2D eigenvalue weighted by Crippen LogP contribution is 2.37. The molecule has 22 heavy (non-hydrogen) atoms. The molecule has 0 saturated heterocycles. The van der Waals surface area contributed by atoms with Crippen molar-refractivity contribution in [1.29, 1.82) is 0 Å². The van der Waals surface area contributed by atoms with Crippen LogP contribution in [0.1, 0.15) is 40.5 Å². The summed E-state index contributed by atoms with van der Waals surface area (Å²) in [6.07, 6.45) is 7.23. The van der Waals surface area contributed by atoms with Gasteiger partial charge in [-0.1, -0.05) is 39.0 Å². The number of hydrogen-bond acceptors (Lipinski definition) is 4. The molecule has 0 aromatic rings. The summed E-state index contributed by atoms with van der Waals surface area (Å²) < 4.78 is 10.7. The van der Waals surface area contributed by atoms with Crippen LogP contribution in [-0.4, -0.2) is 38.7 Å². The van der Waals surface area contributed by atoms with E-state index in [2.05, 4.69) is 45.5 Å². The summed E-state index contributed by atoms with van der Waals surface area (Å²) in [4.78, 5) is 10.9. The van der Waals surface area contributed by atoms with Crippen molar-refractivity contribution in [1.82, 2.24) is 0 Å². The molecule has 0 bridgehead atoms. The third-order valence-corrected chi connectivity index (χ3v) is 8.65. The monoisotopic (exact) mass is 328 g/mol. The fourth-order valence-electron chi connectivity index (χ4n) is 1.63. The van der Waals surface area contributed by atoms with Gasteiger partial charge in [-0.2, -0.15) is 0 Å². The van der Waals surface area contributed by atoms with Crippen molar-refractivity contribution < 1.29 is 19.1 Å². The van der Waals surface area contributed by atoms with Gasteiger partial charge in [0.05, 0.1) is 13.2 Å². The van der Waals surface area contributed by atoms with E-state index in [1.165, 1.54) is 13.2 Å². The number of carbonyl (C=O) groups excluding carboxylic acids is 1. The molecule has 128 valence electrons. The van der Waals surface area contributed by atoms with E-state index >= 15 is 0 Å². The van der Waals surface area contributed by atoms with Gasteiger partial charge in [-0.15, -0.1) is 0 Å². The van der Waals surface area contributed by atoms with Gasteiger partial charge in [-0.3, -0.25) is 0 Å². The van der Waals surface area contributed by atoms with Gasteiger partial charge in [0.1, 0.15) is 0 Å². The Labute approximate surface area is 136 Å². The van der Waals surface area contributed by atoms with Crippen molar-refractivity contribution in [2.24, 2.45) is 0 Å². The fourth-order valence-corrected chi connectivity index (χ4v) is 3.11. The summed E-state index contributed by atoms with van der Waals surface area (Å²) in [6.45, 7) is 13.2. The van der Waals surface area contributed by atoms with Crippen LogP contribution in [0.3, 0.4) is 0 Å². The Morgan fingerprint density at radius 1 is 1.23 bits per heavy atom.